The summed E-state index contributed by atoms with van der Waals surface area (Å²) in [5.74, 6) is -0.505. The van der Waals surface area contributed by atoms with E-state index >= 15 is 0 Å². The minimum atomic E-state index is -3.52. The number of aromatic nitrogens is 2. The van der Waals surface area contributed by atoms with E-state index in [9.17, 15) is 26.4 Å². The first-order valence-electron chi connectivity index (χ1n) is 20.1. The molecule has 4 fully saturated rings. The summed E-state index contributed by atoms with van der Waals surface area (Å²) in [5.41, 5.74) is -0.981. The summed E-state index contributed by atoms with van der Waals surface area (Å²) in [4.78, 5) is 38.3. The van der Waals surface area contributed by atoms with E-state index in [4.69, 9.17) is 9.47 Å². The average molecular weight is 819 g/mol. The van der Waals surface area contributed by atoms with Gasteiger partial charge in [0.1, 0.15) is 21.0 Å². The highest BCUT2D eigenvalue weighted by Gasteiger charge is 2.41. The van der Waals surface area contributed by atoms with Gasteiger partial charge in [-0.2, -0.15) is 8.61 Å². The number of rotatable bonds is 8. The molecule has 0 bridgehead atoms. The Kier molecular flexibility index (Phi) is 14.7. The van der Waals surface area contributed by atoms with Gasteiger partial charge in [0.25, 0.3) is 0 Å². The summed E-state index contributed by atoms with van der Waals surface area (Å²) in [7, 11) is -7.04. The fourth-order valence-electron chi connectivity index (χ4n) is 8.25. The minimum absolute atomic E-state index is 0.123. The molecule has 0 spiro atoms. The average Bonchev–Trinajstić information content (AvgIpc) is 3.17. The highest BCUT2D eigenvalue weighted by molar-refractivity contribution is 7.89. The molecule has 0 amide bonds. The summed E-state index contributed by atoms with van der Waals surface area (Å²) >= 11 is 0. The van der Waals surface area contributed by atoms with Gasteiger partial charge in [-0.05, 0) is 91.5 Å². The first-order valence-corrected chi connectivity index (χ1v) is 23.0. The second-order valence-electron chi connectivity index (χ2n) is 17.2. The zero-order valence-corrected chi connectivity index (χ0v) is 35.6. The molecule has 4 atom stereocenters. The van der Waals surface area contributed by atoms with Crippen LogP contribution >= 0.6 is 0 Å². The minimum Gasteiger partial charge on any atom is -0.460 e. The highest BCUT2D eigenvalue weighted by atomic mass is 32.2. The van der Waals surface area contributed by atoms with Gasteiger partial charge in [0.15, 0.2) is 0 Å². The fraction of sp³-hybridized carbons (Fsp3) is 0.700. The molecular weight excluding hydrogens is 757 g/mol. The standard InChI is InChI=1S/2C20H31N3O4S/c2*1-20(2,3)27-19(24)17-8-4-5-9-18(17)22-11-13-23(14-12-22)28(25,26)16-7-6-10-21-15-16/h2*6-7,10,15,17-18H,4-5,8-9,11-14H2,1-3H3/t2*17-,18-/m10/s1. The Morgan fingerprint density at radius 1 is 0.571 bits per heavy atom. The maximum atomic E-state index is 12.8. The van der Waals surface area contributed by atoms with Crippen molar-refractivity contribution in [2.45, 2.75) is 126 Å². The number of hydrogen-bond acceptors (Lipinski definition) is 12. The molecule has 0 radical (unpaired) electrons. The van der Waals surface area contributed by atoms with Crippen LogP contribution in [0, 0.1) is 11.8 Å². The highest BCUT2D eigenvalue weighted by Crippen LogP contribution is 2.33. The number of pyridine rings is 2. The van der Waals surface area contributed by atoms with Gasteiger partial charge in [0.2, 0.25) is 20.0 Å². The second-order valence-corrected chi connectivity index (χ2v) is 21.1. The molecule has 0 unspecified atom stereocenters. The molecule has 2 aromatic rings. The van der Waals surface area contributed by atoms with E-state index in [0.717, 1.165) is 51.4 Å². The number of ether oxygens (including phenoxy) is 2. The van der Waals surface area contributed by atoms with Gasteiger partial charge in [-0.25, -0.2) is 16.8 Å². The smallest absolute Gasteiger partial charge is 0.311 e. The van der Waals surface area contributed by atoms with Crippen LogP contribution in [-0.4, -0.2) is 133 Å². The molecule has 14 nitrogen and oxygen atoms in total. The topological polar surface area (TPSA) is 160 Å². The largest absolute Gasteiger partial charge is 0.460 e. The first-order chi connectivity index (χ1) is 26.4. The van der Waals surface area contributed by atoms with Crippen molar-refractivity contribution < 1.29 is 35.9 Å². The van der Waals surface area contributed by atoms with E-state index in [2.05, 4.69) is 19.8 Å². The molecule has 6 rings (SSSR count). The summed E-state index contributed by atoms with van der Waals surface area (Å²) < 4.78 is 65.5. The lowest BCUT2D eigenvalue weighted by atomic mass is 9.83. The van der Waals surface area contributed by atoms with Crippen LogP contribution in [0.1, 0.15) is 92.9 Å². The van der Waals surface area contributed by atoms with Gasteiger partial charge in [0.05, 0.1) is 11.8 Å². The van der Waals surface area contributed by atoms with Gasteiger partial charge < -0.3 is 9.47 Å². The van der Waals surface area contributed by atoms with Gasteiger partial charge in [0, 0.05) is 89.2 Å². The van der Waals surface area contributed by atoms with Crippen molar-refractivity contribution in [3.63, 3.8) is 0 Å². The van der Waals surface area contributed by atoms with Crippen LogP contribution < -0.4 is 0 Å². The predicted octanol–water partition coefficient (Wildman–Crippen LogP) is 4.58. The molecule has 0 N–H and O–H groups in total. The SMILES string of the molecule is CC(C)(C)OC(=O)[C@@H]1CCCC[C@H]1N1CCN(S(=O)(=O)c2cccnc2)CC1.CC(C)(C)OC(=O)[C@H]1CCCC[C@@H]1N1CCN(S(=O)(=O)c2cccnc2)CC1. The fourth-order valence-corrected chi connectivity index (χ4v) is 11.0. The van der Waals surface area contributed by atoms with Gasteiger partial charge in [-0.3, -0.25) is 29.4 Å². The number of esters is 2. The molecule has 312 valence electrons. The Labute approximate surface area is 334 Å². The third-order valence-electron chi connectivity index (χ3n) is 10.9. The summed E-state index contributed by atoms with van der Waals surface area (Å²) in [5, 5.41) is 0. The lowest BCUT2D eigenvalue weighted by Gasteiger charge is -2.43. The van der Waals surface area contributed by atoms with Crippen molar-refractivity contribution in [1.82, 2.24) is 28.4 Å². The van der Waals surface area contributed by atoms with Gasteiger partial charge >= 0.3 is 11.9 Å². The van der Waals surface area contributed by atoms with Crippen LogP contribution in [0.4, 0.5) is 0 Å². The van der Waals surface area contributed by atoms with E-state index in [1.807, 2.05) is 41.5 Å². The van der Waals surface area contributed by atoms with E-state index in [0.29, 0.717) is 52.4 Å². The molecule has 0 aromatic carbocycles. The molecule has 56 heavy (non-hydrogen) atoms. The summed E-state index contributed by atoms with van der Waals surface area (Å²) in [6.07, 6.45) is 13.8. The molecule has 2 saturated heterocycles. The number of carbonyl (C=O) groups excluding carboxylic acids is 2. The van der Waals surface area contributed by atoms with Crippen LogP contribution in [0.2, 0.25) is 0 Å². The Morgan fingerprint density at radius 3 is 1.21 bits per heavy atom. The molecule has 16 heteroatoms. The van der Waals surface area contributed by atoms with Crippen molar-refractivity contribution in [1.29, 1.82) is 0 Å². The summed E-state index contributed by atoms with van der Waals surface area (Å²) in [6, 6.07) is 6.69. The predicted molar refractivity (Wildman–Crippen MR) is 212 cm³/mol. The summed E-state index contributed by atoms with van der Waals surface area (Å²) in [6.45, 7) is 15.6. The van der Waals surface area contributed by atoms with Gasteiger partial charge in [-0.1, -0.05) is 25.7 Å². The number of nitrogens with zero attached hydrogens (tertiary/aromatic N) is 6. The maximum Gasteiger partial charge on any atom is 0.311 e. The Hall–Kier alpha value is -3.02. The van der Waals surface area contributed by atoms with E-state index in [1.165, 1.54) is 21.0 Å². The van der Waals surface area contributed by atoms with Crippen molar-refractivity contribution in [3.05, 3.63) is 49.1 Å². The molecular formula is C40H62N6O8S2. The second kappa shape index (κ2) is 18.7. The third kappa shape index (κ3) is 11.6. The molecule has 4 aliphatic rings. The molecule has 4 heterocycles. The van der Waals surface area contributed by atoms with Crippen LogP contribution in [0.25, 0.3) is 0 Å². The normalized spacial score (nSPS) is 25.4. The number of piperazine rings is 2. The number of hydrogen-bond donors (Lipinski definition) is 0. The van der Waals surface area contributed by atoms with Crippen LogP contribution in [0.5, 0.6) is 0 Å². The Bertz CT molecular complexity index is 1670. The maximum absolute atomic E-state index is 12.8. The first kappa shape index (κ1) is 44.1. The van der Waals surface area contributed by atoms with Crippen molar-refractivity contribution in [2.24, 2.45) is 11.8 Å². The quantitative estimate of drug-likeness (QED) is 0.342. The van der Waals surface area contributed by atoms with Crippen molar-refractivity contribution in [3.8, 4) is 0 Å². The molecule has 2 aliphatic heterocycles. The van der Waals surface area contributed by atoms with E-state index in [1.54, 1.807) is 36.7 Å². The molecule has 2 aromatic heterocycles. The monoisotopic (exact) mass is 818 g/mol. The third-order valence-corrected chi connectivity index (χ3v) is 14.7. The van der Waals surface area contributed by atoms with Crippen LogP contribution in [0.15, 0.2) is 58.8 Å². The number of carbonyl (C=O) groups is 2. The van der Waals surface area contributed by atoms with Crippen LogP contribution in [-0.2, 0) is 39.1 Å². The lowest BCUT2D eigenvalue weighted by molar-refractivity contribution is -0.165. The zero-order chi connectivity index (χ0) is 40.7. The van der Waals surface area contributed by atoms with Crippen molar-refractivity contribution >= 4 is 32.0 Å². The zero-order valence-electron chi connectivity index (χ0n) is 34.0. The van der Waals surface area contributed by atoms with Crippen molar-refractivity contribution in [2.75, 3.05) is 52.4 Å². The Morgan fingerprint density at radius 2 is 0.911 bits per heavy atom. The molecule has 2 aliphatic carbocycles. The molecule has 2 saturated carbocycles. The van der Waals surface area contributed by atoms with E-state index < -0.39 is 31.2 Å². The Balaban J connectivity index is 0.000000214. The number of sulfonamides is 2. The van der Waals surface area contributed by atoms with Crippen LogP contribution in [0.3, 0.4) is 0 Å². The lowest BCUT2D eigenvalue weighted by Crippen LogP contribution is -2.55. The van der Waals surface area contributed by atoms with Gasteiger partial charge in [-0.15, -0.1) is 0 Å². The van der Waals surface area contributed by atoms with E-state index in [-0.39, 0.29) is 45.6 Å².